The van der Waals surface area contributed by atoms with Gasteiger partial charge in [0.25, 0.3) is 11.8 Å². The van der Waals surface area contributed by atoms with Gasteiger partial charge in [0.2, 0.25) is 5.91 Å². The summed E-state index contributed by atoms with van der Waals surface area (Å²) < 4.78 is 0. The highest BCUT2D eigenvalue weighted by Crippen LogP contribution is 2.33. The molecule has 31 heavy (non-hydrogen) atoms. The number of nitrogens with zero attached hydrogens (tertiary/aromatic N) is 1. The smallest absolute Gasteiger partial charge is 0.260 e. The Labute approximate surface area is 179 Å². The van der Waals surface area contributed by atoms with Crippen molar-refractivity contribution < 1.29 is 19.6 Å². The van der Waals surface area contributed by atoms with Gasteiger partial charge in [0.15, 0.2) is 0 Å². The molecule has 0 aliphatic carbocycles. The van der Waals surface area contributed by atoms with Gasteiger partial charge < -0.3 is 10.2 Å². The van der Waals surface area contributed by atoms with Crippen LogP contribution in [0.1, 0.15) is 46.4 Å². The molecular formula is C24H23N3O4. The van der Waals surface area contributed by atoms with Crippen LogP contribution < -0.4 is 15.7 Å². The lowest BCUT2D eigenvalue weighted by molar-refractivity contribution is -0.129. The number of rotatable bonds is 6. The molecule has 0 radical (unpaired) electrons. The molecule has 4 rings (SSSR count). The number of hydroxylamine groups is 1. The zero-order chi connectivity index (χ0) is 21.8. The summed E-state index contributed by atoms with van der Waals surface area (Å²) in [5.41, 5.74) is 3.57. The zero-order valence-electron chi connectivity index (χ0n) is 16.9. The van der Waals surface area contributed by atoms with Gasteiger partial charge in [-0.2, -0.15) is 0 Å². The minimum atomic E-state index is -0.426. The first-order valence-electron chi connectivity index (χ1n) is 10.3. The molecule has 0 saturated heterocycles. The topological polar surface area (TPSA) is 98.7 Å². The predicted octanol–water partition coefficient (Wildman–Crippen LogP) is 4.12. The van der Waals surface area contributed by atoms with E-state index in [1.165, 1.54) is 0 Å². The fraction of sp³-hybridized carbons (Fsp3) is 0.208. The van der Waals surface area contributed by atoms with Gasteiger partial charge in [-0.05, 0) is 47.9 Å². The van der Waals surface area contributed by atoms with E-state index in [2.05, 4.69) is 5.32 Å². The zero-order valence-corrected chi connectivity index (χ0v) is 16.9. The highest BCUT2D eigenvalue weighted by atomic mass is 16.5. The van der Waals surface area contributed by atoms with Crippen molar-refractivity contribution in [3.63, 3.8) is 0 Å². The summed E-state index contributed by atoms with van der Waals surface area (Å²) >= 11 is 0. The van der Waals surface area contributed by atoms with Crippen LogP contribution in [-0.2, 0) is 4.79 Å². The number of nitrogens with one attached hydrogen (secondary N) is 2. The molecule has 158 valence electrons. The summed E-state index contributed by atoms with van der Waals surface area (Å²) in [6.07, 6.45) is 2.17. The van der Waals surface area contributed by atoms with E-state index < -0.39 is 5.91 Å². The molecule has 7 heteroatoms. The van der Waals surface area contributed by atoms with Crippen molar-refractivity contribution in [2.45, 2.75) is 25.7 Å². The second-order valence-electron chi connectivity index (χ2n) is 7.52. The average molecular weight is 417 g/mol. The number of amides is 3. The Morgan fingerprint density at radius 1 is 0.903 bits per heavy atom. The van der Waals surface area contributed by atoms with Crippen LogP contribution in [0.15, 0.2) is 60.7 Å². The van der Waals surface area contributed by atoms with Crippen LogP contribution in [0.3, 0.4) is 0 Å². The standard InChI is InChI=1S/C24H23N3O4/c28-22(26-31)12-2-1-7-13-27-21-15-17-9-4-3-8-16(17)14-19(21)23(29)25-20-11-6-5-10-18(20)24(27)30/h3-6,8-11,14-15,31H,1-2,7,12-13H2,(H,25,29)(H,26,28). The first kappa shape index (κ1) is 20.6. The molecule has 1 heterocycles. The SMILES string of the molecule is O=C(CCCCCN1C(=O)c2ccccc2NC(=O)c2cc3ccccc3cc21)NO. The molecular weight excluding hydrogens is 394 g/mol. The van der Waals surface area contributed by atoms with E-state index in [-0.39, 0.29) is 18.2 Å². The number of hydrogen-bond donors (Lipinski definition) is 3. The Morgan fingerprint density at radius 3 is 2.39 bits per heavy atom. The van der Waals surface area contributed by atoms with E-state index in [0.717, 1.165) is 10.8 Å². The number of benzene rings is 3. The molecule has 0 atom stereocenters. The van der Waals surface area contributed by atoms with Gasteiger partial charge in [0.05, 0.1) is 22.5 Å². The minimum Gasteiger partial charge on any atom is -0.321 e. The summed E-state index contributed by atoms with van der Waals surface area (Å²) in [4.78, 5) is 39.4. The van der Waals surface area contributed by atoms with Gasteiger partial charge in [-0.15, -0.1) is 0 Å². The molecule has 0 saturated carbocycles. The van der Waals surface area contributed by atoms with Gasteiger partial charge in [-0.1, -0.05) is 42.8 Å². The summed E-state index contributed by atoms with van der Waals surface area (Å²) in [5.74, 6) is -0.865. The molecule has 3 aromatic carbocycles. The first-order valence-corrected chi connectivity index (χ1v) is 10.3. The molecule has 7 nitrogen and oxygen atoms in total. The van der Waals surface area contributed by atoms with E-state index in [1.807, 2.05) is 36.4 Å². The Kier molecular flexibility index (Phi) is 5.95. The van der Waals surface area contributed by atoms with Crippen LogP contribution in [0.4, 0.5) is 11.4 Å². The minimum absolute atomic E-state index is 0.180. The Balaban J connectivity index is 1.70. The van der Waals surface area contributed by atoms with Gasteiger partial charge in [0, 0.05) is 13.0 Å². The van der Waals surface area contributed by atoms with E-state index in [1.54, 1.807) is 34.6 Å². The van der Waals surface area contributed by atoms with E-state index in [4.69, 9.17) is 5.21 Å². The van der Waals surface area contributed by atoms with Crippen LogP contribution in [0.25, 0.3) is 10.8 Å². The molecule has 3 amide bonds. The molecule has 0 fully saturated rings. The largest absolute Gasteiger partial charge is 0.321 e. The summed E-state index contributed by atoms with van der Waals surface area (Å²) in [7, 11) is 0. The lowest BCUT2D eigenvalue weighted by Gasteiger charge is -2.29. The summed E-state index contributed by atoms with van der Waals surface area (Å²) in [5, 5.41) is 13.4. The van der Waals surface area contributed by atoms with Crippen LogP contribution >= 0.6 is 0 Å². The molecule has 0 unspecified atom stereocenters. The van der Waals surface area contributed by atoms with Crippen molar-refractivity contribution in [3.05, 3.63) is 71.8 Å². The Morgan fingerprint density at radius 2 is 1.61 bits per heavy atom. The molecule has 0 aromatic heterocycles. The second-order valence-corrected chi connectivity index (χ2v) is 7.52. The molecule has 3 N–H and O–H groups in total. The third kappa shape index (κ3) is 4.27. The van der Waals surface area contributed by atoms with Crippen LogP contribution in [-0.4, -0.2) is 29.5 Å². The Hall–Kier alpha value is -3.71. The number of carbonyl (C=O) groups is 3. The number of unbranched alkanes of at least 4 members (excludes halogenated alkanes) is 2. The van der Waals surface area contributed by atoms with Crippen molar-refractivity contribution >= 4 is 39.9 Å². The van der Waals surface area contributed by atoms with Gasteiger partial charge in [-0.25, -0.2) is 5.48 Å². The normalized spacial score (nSPS) is 13.1. The maximum absolute atomic E-state index is 13.5. The number of hydrogen-bond acceptors (Lipinski definition) is 4. The number of carbonyl (C=O) groups excluding carboxylic acids is 3. The van der Waals surface area contributed by atoms with Crippen molar-refractivity contribution in [3.8, 4) is 0 Å². The average Bonchev–Trinajstić information content (AvgIpc) is 2.79. The fourth-order valence-electron chi connectivity index (χ4n) is 3.87. The number of fused-ring (bicyclic) bond motifs is 3. The number of para-hydroxylation sites is 1. The third-order valence-electron chi connectivity index (χ3n) is 5.46. The molecule has 1 aliphatic heterocycles. The number of anilines is 2. The Bertz CT molecular complexity index is 1160. The highest BCUT2D eigenvalue weighted by molar-refractivity contribution is 6.20. The van der Waals surface area contributed by atoms with E-state index in [9.17, 15) is 14.4 Å². The lowest BCUT2D eigenvalue weighted by Crippen LogP contribution is -2.36. The van der Waals surface area contributed by atoms with Crippen LogP contribution in [0.2, 0.25) is 0 Å². The fourth-order valence-corrected chi connectivity index (χ4v) is 3.87. The summed E-state index contributed by atoms with van der Waals surface area (Å²) in [6, 6.07) is 18.4. The van der Waals surface area contributed by atoms with Crippen molar-refractivity contribution in [2.75, 3.05) is 16.8 Å². The molecule has 0 bridgehead atoms. The molecule has 1 aliphatic rings. The van der Waals surface area contributed by atoms with E-state index in [0.29, 0.717) is 48.3 Å². The van der Waals surface area contributed by atoms with Gasteiger partial charge in [0.1, 0.15) is 0 Å². The highest BCUT2D eigenvalue weighted by Gasteiger charge is 2.28. The third-order valence-corrected chi connectivity index (χ3v) is 5.46. The molecule has 0 spiro atoms. The second kappa shape index (κ2) is 8.97. The monoisotopic (exact) mass is 417 g/mol. The van der Waals surface area contributed by atoms with Crippen LogP contribution in [0.5, 0.6) is 0 Å². The summed E-state index contributed by atoms with van der Waals surface area (Å²) in [6.45, 7) is 0.409. The van der Waals surface area contributed by atoms with Crippen molar-refractivity contribution in [2.24, 2.45) is 0 Å². The van der Waals surface area contributed by atoms with Gasteiger partial charge >= 0.3 is 0 Å². The maximum Gasteiger partial charge on any atom is 0.260 e. The predicted molar refractivity (Wildman–Crippen MR) is 118 cm³/mol. The first-order chi connectivity index (χ1) is 15.1. The van der Waals surface area contributed by atoms with Gasteiger partial charge in [-0.3, -0.25) is 19.6 Å². The maximum atomic E-state index is 13.5. The van der Waals surface area contributed by atoms with Crippen LogP contribution in [0, 0.1) is 0 Å². The quantitative estimate of drug-likeness (QED) is 0.319. The van der Waals surface area contributed by atoms with E-state index >= 15 is 0 Å². The van der Waals surface area contributed by atoms with Crippen molar-refractivity contribution in [1.82, 2.24) is 5.48 Å². The molecule has 3 aromatic rings. The lowest BCUT2D eigenvalue weighted by atomic mass is 10.00. The van der Waals surface area contributed by atoms with Crippen molar-refractivity contribution in [1.29, 1.82) is 0 Å².